The van der Waals surface area contributed by atoms with E-state index in [1.807, 2.05) is 37.3 Å². The molecule has 4 nitrogen and oxygen atoms in total. The second kappa shape index (κ2) is 9.40. The van der Waals surface area contributed by atoms with E-state index in [-0.39, 0.29) is 5.91 Å². The van der Waals surface area contributed by atoms with E-state index in [4.69, 9.17) is 16.3 Å². The highest BCUT2D eigenvalue weighted by atomic mass is 35.5. The summed E-state index contributed by atoms with van der Waals surface area (Å²) in [6.07, 6.45) is 2.88. The number of amides is 1. The van der Waals surface area contributed by atoms with Crippen molar-refractivity contribution in [2.24, 2.45) is 0 Å². The van der Waals surface area contributed by atoms with Crippen LogP contribution in [0.2, 0.25) is 0 Å². The number of hydrogen-bond donors (Lipinski definition) is 1. The van der Waals surface area contributed by atoms with Gasteiger partial charge in [-0.1, -0.05) is 55.3 Å². The molecule has 1 aromatic carbocycles. The van der Waals surface area contributed by atoms with Crippen molar-refractivity contribution in [3.63, 3.8) is 0 Å². The third-order valence-electron chi connectivity index (χ3n) is 2.97. The number of halogens is 1. The summed E-state index contributed by atoms with van der Waals surface area (Å²) in [5.41, 5.74) is 0.303. The van der Waals surface area contributed by atoms with Crippen molar-refractivity contribution in [3.05, 3.63) is 35.9 Å². The molecule has 0 fully saturated rings. The minimum absolute atomic E-state index is 0.271. The Bertz CT molecular complexity index is 450. The SMILES string of the molecule is CCCCC(Cl)OC(=O)[C@H](Cc1ccccc1)NC(C)=O. The molecule has 1 amide bonds. The fourth-order valence-corrected chi connectivity index (χ4v) is 2.16. The molecule has 0 aromatic heterocycles. The summed E-state index contributed by atoms with van der Waals surface area (Å²) in [5.74, 6) is -0.766. The molecule has 21 heavy (non-hydrogen) atoms. The van der Waals surface area contributed by atoms with Crippen LogP contribution in [-0.4, -0.2) is 23.5 Å². The van der Waals surface area contributed by atoms with E-state index in [1.165, 1.54) is 6.92 Å². The second-order valence-corrected chi connectivity index (χ2v) is 5.42. The first kappa shape index (κ1) is 17.5. The van der Waals surface area contributed by atoms with Gasteiger partial charge in [0.2, 0.25) is 5.91 Å². The zero-order valence-corrected chi connectivity index (χ0v) is 13.2. The number of benzene rings is 1. The molecule has 1 rings (SSSR count). The van der Waals surface area contributed by atoms with Gasteiger partial charge in [-0.25, -0.2) is 4.79 Å². The predicted molar refractivity (Wildman–Crippen MR) is 83.0 cm³/mol. The zero-order chi connectivity index (χ0) is 15.7. The molecule has 1 unspecified atom stereocenters. The molecule has 0 saturated heterocycles. The van der Waals surface area contributed by atoms with Crippen molar-refractivity contribution in [1.82, 2.24) is 5.32 Å². The van der Waals surface area contributed by atoms with Gasteiger partial charge < -0.3 is 10.1 Å². The number of esters is 1. The van der Waals surface area contributed by atoms with Crippen LogP contribution >= 0.6 is 11.6 Å². The first-order valence-corrected chi connectivity index (χ1v) is 7.62. The van der Waals surface area contributed by atoms with Gasteiger partial charge in [-0.15, -0.1) is 0 Å². The van der Waals surface area contributed by atoms with Crippen LogP contribution in [0.25, 0.3) is 0 Å². The summed E-state index contributed by atoms with van der Waals surface area (Å²) in [7, 11) is 0. The third-order valence-corrected chi connectivity index (χ3v) is 3.28. The molecule has 0 aliphatic heterocycles. The van der Waals surface area contributed by atoms with Crippen LogP contribution in [0, 0.1) is 0 Å². The maximum Gasteiger partial charge on any atom is 0.330 e. The largest absolute Gasteiger partial charge is 0.444 e. The first-order valence-electron chi connectivity index (χ1n) is 7.18. The number of carbonyl (C=O) groups is 2. The molecule has 1 N–H and O–H groups in total. The van der Waals surface area contributed by atoms with Crippen molar-refractivity contribution < 1.29 is 14.3 Å². The highest BCUT2D eigenvalue weighted by Crippen LogP contribution is 2.12. The molecule has 0 aliphatic carbocycles. The highest BCUT2D eigenvalue weighted by Gasteiger charge is 2.23. The molecule has 0 spiro atoms. The van der Waals surface area contributed by atoms with E-state index < -0.39 is 17.6 Å². The maximum atomic E-state index is 12.1. The summed E-state index contributed by atoms with van der Waals surface area (Å²) in [6, 6.07) is 8.75. The smallest absolute Gasteiger partial charge is 0.330 e. The van der Waals surface area contributed by atoms with Crippen molar-refractivity contribution in [1.29, 1.82) is 0 Å². The Balaban J connectivity index is 2.63. The van der Waals surface area contributed by atoms with Crippen molar-refractivity contribution in [3.8, 4) is 0 Å². The Labute approximate surface area is 130 Å². The van der Waals surface area contributed by atoms with Crippen molar-refractivity contribution in [2.45, 2.75) is 51.1 Å². The molecular formula is C16H22ClNO3. The number of unbranched alkanes of at least 4 members (excludes halogenated alkanes) is 1. The molecule has 0 heterocycles. The van der Waals surface area contributed by atoms with Gasteiger partial charge in [0.15, 0.2) is 5.56 Å². The average Bonchev–Trinajstić information content (AvgIpc) is 2.45. The highest BCUT2D eigenvalue weighted by molar-refractivity contribution is 6.20. The van der Waals surface area contributed by atoms with E-state index in [9.17, 15) is 9.59 Å². The fraction of sp³-hybridized carbons (Fsp3) is 0.500. The second-order valence-electron chi connectivity index (χ2n) is 4.93. The fourth-order valence-electron chi connectivity index (χ4n) is 1.92. The number of carbonyl (C=O) groups excluding carboxylic acids is 2. The molecule has 0 aliphatic rings. The number of rotatable bonds is 8. The lowest BCUT2D eigenvalue weighted by atomic mass is 10.1. The summed E-state index contributed by atoms with van der Waals surface area (Å²) >= 11 is 5.98. The summed E-state index contributed by atoms with van der Waals surface area (Å²) in [4.78, 5) is 23.4. The molecule has 0 radical (unpaired) electrons. The lowest BCUT2D eigenvalue weighted by Gasteiger charge is -2.19. The number of ether oxygens (including phenoxy) is 1. The van der Waals surface area contributed by atoms with Crippen LogP contribution in [0.15, 0.2) is 30.3 Å². The molecule has 1 aromatic rings. The molecule has 5 heteroatoms. The Hall–Kier alpha value is -1.55. The third kappa shape index (κ3) is 7.14. The Kier molecular flexibility index (Phi) is 7.83. The summed E-state index contributed by atoms with van der Waals surface area (Å²) < 4.78 is 5.20. The van der Waals surface area contributed by atoms with Crippen molar-refractivity contribution in [2.75, 3.05) is 0 Å². The van der Waals surface area contributed by atoms with Gasteiger partial charge in [0.05, 0.1) is 0 Å². The van der Waals surface area contributed by atoms with Crippen LogP contribution < -0.4 is 5.32 Å². The van der Waals surface area contributed by atoms with Gasteiger partial charge in [-0.05, 0) is 18.4 Å². The molecular weight excluding hydrogens is 290 g/mol. The Morgan fingerprint density at radius 3 is 2.52 bits per heavy atom. The minimum Gasteiger partial charge on any atom is -0.444 e. The van der Waals surface area contributed by atoms with E-state index in [0.717, 1.165) is 18.4 Å². The van der Waals surface area contributed by atoms with E-state index in [1.54, 1.807) is 0 Å². The summed E-state index contributed by atoms with van der Waals surface area (Å²) in [5, 5.41) is 2.62. The van der Waals surface area contributed by atoms with Crippen molar-refractivity contribution >= 4 is 23.5 Å². The van der Waals surface area contributed by atoms with Gasteiger partial charge in [0.25, 0.3) is 0 Å². The van der Waals surface area contributed by atoms with Gasteiger partial charge >= 0.3 is 5.97 Å². The lowest BCUT2D eigenvalue weighted by Crippen LogP contribution is -2.43. The zero-order valence-electron chi connectivity index (χ0n) is 12.5. The first-order chi connectivity index (χ1) is 10.0. The van der Waals surface area contributed by atoms with Crippen LogP contribution in [0.1, 0.15) is 38.7 Å². The number of hydrogen-bond acceptors (Lipinski definition) is 3. The molecule has 116 valence electrons. The van der Waals surface area contributed by atoms with E-state index in [2.05, 4.69) is 5.32 Å². The average molecular weight is 312 g/mol. The van der Waals surface area contributed by atoms with Crippen LogP contribution in [0.4, 0.5) is 0 Å². The minimum atomic E-state index is -0.715. The predicted octanol–water partition coefficient (Wildman–Crippen LogP) is 3.03. The van der Waals surface area contributed by atoms with Gasteiger partial charge in [-0.3, -0.25) is 4.79 Å². The van der Waals surface area contributed by atoms with Gasteiger partial charge in [0, 0.05) is 13.3 Å². The Morgan fingerprint density at radius 2 is 1.95 bits per heavy atom. The number of alkyl halides is 1. The quantitative estimate of drug-likeness (QED) is 0.593. The Morgan fingerprint density at radius 1 is 1.29 bits per heavy atom. The maximum absolute atomic E-state index is 12.1. The topological polar surface area (TPSA) is 55.4 Å². The van der Waals surface area contributed by atoms with Crippen LogP contribution in [0.3, 0.4) is 0 Å². The number of nitrogens with one attached hydrogen (secondary N) is 1. The molecule has 2 atom stereocenters. The van der Waals surface area contributed by atoms with E-state index in [0.29, 0.717) is 12.8 Å². The van der Waals surface area contributed by atoms with E-state index >= 15 is 0 Å². The standard InChI is InChI=1S/C16H22ClNO3/c1-3-4-10-15(17)21-16(20)14(18-12(2)19)11-13-8-6-5-7-9-13/h5-9,14-15H,3-4,10-11H2,1-2H3,(H,18,19)/t14-,15?/m0/s1. The van der Waals surface area contributed by atoms with Crippen LogP contribution in [-0.2, 0) is 20.7 Å². The van der Waals surface area contributed by atoms with Crippen LogP contribution in [0.5, 0.6) is 0 Å². The molecule has 0 bridgehead atoms. The van der Waals surface area contributed by atoms with Gasteiger partial charge in [0.1, 0.15) is 6.04 Å². The monoisotopic (exact) mass is 311 g/mol. The normalized spacial score (nSPS) is 13.3. The van der Waals surface area contributed by atoms with Gasteiger partial charge in [-0.2, -0.15) is 0 Å². The summed E-state index contributed by atoms with van der Waals surface area (Å²) in [6.45, 7) is 3.42. The lowest BCUT2D eigenvalue weighted by molar-refractivity contribution is -0.149. The molecule has 0 saturated carbocycles.